The molecule has 15 heavy (non-hydrogen) atoms. The Morgan fingerprint density at radius 1 is 1.47 bits per heavy atom. The van der Waals surface area contributed by atoms with Crippen LogP contribution < -0.4 is 4.74 Å². The molecule has 0 unspecified atom stereocenters. The summed E-state index contributed by atoms with van der Waals surface area (Å²) in [6.07, 6.45) is 2.98. The molecule has 4 nitrogen and oxygen atoms in total. The number of halogens is 1. The number of fused-ring (bicyclic) bond motifs is 1. The molecule has 0 aromatic carbocycles. The number of pyridine rings is 2. The Morgan fingerprint density at radius 3 is 2.93 bits per heavy atom. The van der Waals surface area contributed by atoms with Crippen molar-refractivity contribution in [1.82, 2.24) is 9.97 Å². The zero-order valence-corrected chi connectivity index (χ0v) is 8.62. The quantitative estimate of drug-likeness (QED) is 0.738. The minimum atomic E-state index is 0.345. The Bertz CT molecular complexity index is 562. The van der Waals surface area contributed by atoms with Crippen molar-refractivity contribution in [3.05, 3.63) is 29.0 Å². The lowest BCUT2D eigenvalue weighted by Crippen LogP contribution is -1.92. The van der Waals surface area contributed by atoms with Gasteiger partial charge < -0.3 is 4.74 Å². The molecule has 5 heteroatoms. The van der Waals surface area contributed by atoms with E-state index in [1.807, 2.05) is 6.07 Å². The summed E-state index contributed by atoms with van der Waals surface area (Å²) in [6, 6.07) is 3.67. The van der Waals surface area contributed by atoms with E-state index in [0.29, 0.717) is 27.4 Å². The Labute approximate surface area is 91.1 Å². The molecule has 2 aromatic heterocycles. The van der Waals surface area contributed by atoms with Crippen LogP contribution in [0, 0.1) is 11.3 Å². The number of nitriles is 1. The Hall–Kier alpha value is -1.86. The van der Waals surface area contributed by atoms with Gasteiger partial charge in [-0.3, -0.25) is 0 Å². The van der Waals surface area contributed by atoms with E-state index in [-0.39, 0.29) is 0 Å². The van der Waals surface area contributed by atoms with E-state index in [2.05, 4.69) is 9.97 Å². The van der Waals surface area contributed by atoms with Crippen LogP contribution in [-0.4, -0.2) is 17.1 Å². The highest BCUT2D eigenvalue weighted by atomic mass is 35.5. The topological polar surface area (TPSA) is 58.8 Å². The number of ether oxygens (including phenoxy) is 1. The molecule has 0 saturated carbocycles. The minimum Gasteiger partial charge on any atom is -0.479 e. The molecule has 0 saturated heterocycles. The molecule has 0 amide bonds. The summed E-state index contributed by atoms with van der Waals surface area (Å²) >= 11 is 6.02. The van der Waals surface area contributed by atoms with Gasteiger partial charge in [0.05, 0.1) is 17.7 Å². The van der Waals surface area contributed by atoms with E-state index >= 15 is 0 Å². The van der Waals surface area contributed by atoms with Gasteiger partial charge in [0.2, 0.25) is 5.88 Å². The lowest BCUT2D eigenvalue weighted by atomic mass is 10.2. The molecule has 0 fully saturated rings. The van der Waals surface area contributed by atoms with Crippen LogP contribution in [0.1, 0.15) is 5.56 Å². The molecular weight excluding hydrogens is 214 g/mol. The third-order valence-corrected chi connectivity index (χ3v) is 2.41. The van der Waals surface area contributed by atoms with Gasteiger partial charge in [-0.1, -0.05) is 11.6 Å². The van der Waals surface area contributed by atoms with Gasteiger partial charge in [-0.25, -0.2) is 9.97 Å². The van der Waals surface area contributed by atoms with Gasteiger partial charge >= 0.3 is 0 Å². The summed E-state index contributed by atoms with van der Waals surface area (Å²) in [6.45, 7) is 0. The van der Waals surface area contributed by atoms with E-state index in [4.69, 9.17) is 21.6 Å². The summed E-state index contributed by atoms with van der Waals surface area (Å²) in [7, 11) is 1.51. The standard InChI is InChI=1S/C10H6ClN3O/c1-15-10-9-7(2-3-13-10)8(11)6(4-12)5-14-9/h2-3,5H,1H3. The van der Waals surface area contributed by atoms with Crippen molar-refractivity contribution in [2.24, 2.45) is 0 Å². The average molecular weight is 220 g/mol. The highest BCUT2D eigenvalue weighted by molar-refractivity contribution is 6.36. The number of aromatic nitrogens is 2. The van der Waals surface area contributed by atoms with Gasteiger partial charge in [-0.15, -0.1) is 0 Å². The smallest absolute Gasteiger partial charge is 0.240 e. The molecule has 0 aliphatic heterocycles. The molecule has 0 bridgehead atoms. The molecule has 2 heterocycles. The van der Waals surface area contributed by atoms with Gasteiger partial charge in [0, 0.05) is 17.8 Å². The van der Waals surface area contributed by atoms with Crippen LogP contribution in [0.2, 0.25) is 5.02 Å². The van der Waals surface area contributed by atoms with Crippen LogP contribution in [0.4, 0.5) is 0 Å². The van der Waals surface area contributed by atoms with Gasteiger partial charge in [0.1, 0.15) is 11.6 Å². The molecular formula is C10H6ClN3O. The fourth-order valence-corrected chi connectivity index (χ4v) is 1.54. The number of nitrogens with zero attached hydrogens (tertiary/aromatic N) is 3. The number of hydrogen-bond donors (Lipinski definition) is 0. The summed E-state index contributed by atoms with van der Waals surface area (Å²) in [5.74, 6) is 0.402. The van der Waals surface area contributed by atoms with E-state index in [9.17, 15) is 0 Å². The molecule has 2 rings (SSSR count). The molecule has 0 radical (unpaired) electrons. The zero-order valence-electron chi connectivity index (χ0n) is 7.86. The van der Waals surface area contributed by atoms with Gasteiger partial charge in [-0.05, 0) is 6.07 Å². The highest BCUT2D eigenvalue weighted by Crippen LogP contribution is 2.28. The zero-order chi connectivity index (χ0) is 10.8. The maximum atomic E-state index is 8.78. The molecule has 0 aliphatic rings. The van der Waals surface area contributed by atoms with Crippen LogP contribution in [0.25, 0.3) is 10.9 Å². The van der Waals surface area contributed by atoms with Gasteiger partial charge in [0.25, 0.3) is 0 Å². The van der Waals surface area contributed by atoms with E-state index in [0.717, 1.165) is 0 Å². The molecule has 74 valence electrons. The van der Waals surface area contributed by atoms with Crippen LogP contribution in [0.15, 0.2) is 18.5 Å². The van der Waals surface area contributed by atoms with Crippen LogP contribution in [-0.2, 0) is 0 Å². The predicted octanol–water partition coefficient (Wildman–Crippen LogP) is 2.16. The number of hydrogen-bond acceptors (Lipinski definition) is 4. The molecule has 0 aliphatic carbocycles. The number of rotatable bonds is 1. The first-order chi connectivity index (χ1) is 7.27. The summed E-state index contributed by atoms with van der Waals surface area (Å²) in [4.78, 5) is 8.08. The van der Waals surface area contributed by atoms with E-state index in [1.54, 1.807) is 12.3 Å². The Morgan fingerprint density at radius 2 is 2.27 bits per heavy atom. The third kappa shape index (κ3) is 1.47. The first kappa shape index (κ1) is 9.69. The fourth-order valence-electron chi connectivity index (χ4n) is 1.29. The molecule has 0 spiro atoms. The lowest BCUT2D eigenvalue weighted by Gasteiger charge is -2.04. The van der Waals surface area contributed by atoms with Gasteiger partial charge in [-0.2, -0.15) is 5.26 Å². The van der Waals surface area contributed by atoms with Crippen molar-refractivity contribution in [2.75, 3.05) is 7.11 Å². The first-order valence-electron chi connectivity index (χ1n) is 4.15. The Kier molecular flexibility index (Phi) is 2.40. The molecule has 0 N–H and O–H groups in total. The van der Waals surface area contributed by atoms with Crippen molar-refractivity contribution >= 4 is 22.5 Å². The van der Waals surface area contributed by atoms with Crippen molar-refractivity contribution < 1.29 is 4.74 Å². The first-order valence-corrected chi connectivity index (χ1v) is 4.53. The second-order valence-corrected chi connectivity index (χ2v) is 3.19. The summed E-state index contributed by atoms with van der Waals surface area (Å²) in [5.41, 5.74) is 0.904. The average Bonchev–Trinajstić information content (AvgIpc) is 2.29. The molecule has 2 aromatic rings. The monoisotopic (exact) mass is 219 g/mol. The number of methoxy groups -OCH3 is 1. The van der Waals surface area contributed by atoms with Crippen molar-refractivity contribution in [3.8, 4) is 11.9 Å². The second kappa shape index (κ2) is 3.71. The maximum absolute atomic E-state index is 8.78. The largest absolute Gasteiger partial charge is 0.479 e. The summed E-state index contributed by atoms with van der Waals surface area (Å²) < 4.78 is 5.04. The lowest BCUT2D eigenvalue weighted by molar-refractivity contribution is 0.402. The third-order valence-electron chi connectivity index (χ3n) is 2.00. The Balaban J connectivity index is 2.85. The van der Waals surface area contributed by atoms with Crippen molar-refractivity contribution in [3.63, 3.8) is 0 Å². The maximum Gasteiger partial charge on any atom is 0.240 e. The summed E-state index contributed by atoms with van der Waals surface area (Å²) in [5, 5.41) is 9.83. The van der Waals surface area contributed by atoms with E-state index in [1.165, 1.54) is 13.3 Å². The second-order valence-electron chi connectivity index (χ2n) is 2.81. The SMILES string of the molecule is COc1nccc2c(Cl)c(C#N)cnc12. The van der Waals surface area contributed by atoms with Crippen molar-refractivity contribution in [2.45, 2.75) is 0 Å². The van der Waals surface area contributed by atoms with Crippen molar-refractivity contribution in [1.29, 1.82) is 5.26 Å². The molecule has 0 atom stereocenters. The minimum absolute atomic E-state index is 0.345. The highest BCUT2D eigenvalue weighted by Gasteiger charge is 2.10. The van der Waals surface area contributed by atoms with Crippen LogP contribution in [0.5, 0.6) is 5.88 Å². The van der Waals surface area contributed by atoms with Crippen LogP contribution in [0.3, 0.4) is 0 Å². The fraction of sp³-hybridized carbons (Fsp3) is 0.100. The van der Waals surface area contributed by atoms with Gasteiger partial charge in [0.15, 0.2) is 0 Å². The van der Waals surface area contributed by atoms with Crippen LogP contribution >= 0.6 is 11.6 Å². The normalized spacial score (nSPS) is 9.93. The predicted molar refractivity (Wildman–Crippen MR) is 55.8 cm³/mol. The van der Waals surface area contributed by atoms with E-state index < -0.39 is 0 Å².